The van der Waals surface area contributed by atoms with Gasteiger partial charge in [-0.05, 0) is 41.0 Å². The van der Waals surface area contributed by atoms with Crippen LogP contribution < -0.4 is 11.1 Å². The monoisotopic (exact) mass is 317 g/mol. The first-order chi connectivity index (χ1) is 8.11. The number of thioether (sulfide) groups is 1. The molecule has 0 bridgehead atoms. The third kappa shape index (κ3) is 6.05. The minimum atomic E-state index is -0.0336. The number of nitrogens with one attached hydrogen (secondary N) is 1. The van der Waals surface area contributed by atoms with Gasteiger partial charge in [0.2, 0.25) is 5.91 Å². The summed E-state index contributed by atoms with van der Waals surface area (Å²) in [6, 6.07) is 3.60. The second-order valence-corrected chi connectivity index (χ2v) is 5.95. The fourth-order valence-corrected chi connectivity index (χ4v) is 2.21. The highest BCUT2D eigenvalue weighted by Gasteiger charge is 2.07. The van der Waals surface area contributed by atoms with Crippen LogP contribution in [0.25, 0.3) is 0 Å². The van der Waals surface area contributed by atoms with E-state index in [1.54, 1.807) is 24.0 Å². The number of hydrogen-bond donors (Lipinski definition) is 2. The first-order valence-corrected chi connectivity index (χ1v) is 7.19. The molecule has 6 heteroatoms. The van der Waals surface area contributed by atoms with Crippen LogP contribution in [0.5, 0.6) is 0 Å². The Labute approximate surface area is 114 Å². The van der Waals surface area contributed by atoms with Crippen LogP contribution >= 0.6 is 27.7 Å². The normalized spacial score (nSPS) is 12.2. The lowest BCUT2D eigenvalue weighted by Crippen LogP contribution is -2.17. The van der Waals surface area contributed by atoms with E-state index in [9.17, 15) is 4.79 Å². The van der Waals surface area contributed by atoms with Gasteiger partial charge in [-0.1, -0.05) is 6.92 Å². The zero-order valence-electron chi connectivity index (χ0n) is 9.65. The number of hydrogen-bond acceptors (Lipinski definition) is 4. The summed E-state index contributed by atoms with van der Waals surface area (Å²) in [6.45, 7) is 2.73. The van der Waals surface area contributed by atoms with Gasteiger partial charge in [0, 0.05) is 15.9 Å². The number of carbonyl (C=O) groups excluding carboxylic acids is 1. The molecule has 3 N–H and O–H groups in total. The average Bonchev–Trinajstić information content (AvgIpc) is 2.30. The topological polar surface area (TPSA) is 68.0 Å². The zero-order valence-corrected chi connectivity index (χ0v) is 12.1. The number of pyridine rings is 1. The molecule has 17 heavy (non-hydrogen) atoms. The Kier molecular flexibility index (Phi) is 6.54. The lowest BCUT2D eigenvalue weighted by atomic mass is 10.3. The largest absolute Gasteiger partial charge is 0.330 e. The summed E-state index contributed by atoms with van der Waals surface area (Å²) in [4.78, 5) is 15.7. The number of halogens is 1. The van der Waals surface area contributed by atoms with Crippen molar-refractivity contribution >= 4 is 39.4 Å². The molecule has 0 aliphatic heterocycles. The molecule has 0 radical (unpaired) electrons. The first kappa shape index (κ1) is 14.5. The van der Waals surface area contributed by atoms with Gasteiger partial charge in [-0.2, -0.15) is 0 Å². The Bertz CT molecular complexity index is 358. The Hall–Kier alpha value is -0.590. The van der Waals surface area contributed by atoms with Gasteiger partial charge in [-0.25, -0.2) is 4.98 Å². The van der Waals surface area contributed by atoms with Crippen LogP contribution in [0.2, 0.25) is 0 Å². The second-order valence-electron chi connectivity index (χ2n) is 3.61. The highest BCUT2D eigenvalue weighted by Crippen LogP contribution is 2.14. The van der Waals surface area contributed by atoms with Gasteiger partial charge in [-0.15, -0.1) is 11.8 Å². The molecule has 1 rings (SSSR count). The van der Waals surface area contributed by atoms with Gasteiger partial charge in [0.1, 0.15) is 5.82 Å². The van der Waals surface area contributed by atoms with Crippen LogP contribution in [-0.4, -0.2) is 28.4 Å². The maximum absolute atomic E-state index is 11.6. The number of amides is 1. The molecular weight excluding hydrogens is 302 g/mol. The number of nitrogens with zero attached hydrogens (tertiary/aromatic N) is 1. The summed E-state index contributed by atoms with van der Waals surface area (Å²) < 4.78 is 0.890. The minimum absolute atomic E-state index is 0.0336. The van der Waals surface area contributed by atoms with E-state index in [1.807, 2.05) is 6.07 Å². The van der Waals surface area contributed by atoms with E-state index in [0.29, 0.717) is 23.4 Å². The van der Waals surface area contributed by atoms with Gasteiger partial charge in [0.05, 0.1) is 5.75 Å². The van der Waals surface area contributed by atoms with Crippen molar-refractivity contribution in [1.29, 1.82) is 0 Å². The smallest absolute Gasteiger partial charge is 0.235 e. The number of nitrogens with two attached hydrogens (primary N) is 1. The Morgan fingerprint density at radius 2 is 2.41 bits per heavy atom. The molecule has 1 heterocycles. The SMILES string of the molecule is CC(CCN)SCC(=O)Nc1ccc(Br)cn1. The van der Waals surface area contributed by atoms with Crippen LogP contribution in [0.3, 0.4) is 0 Å². The molecule has 0 aromatic carbocycles. The lowest BCUT2D eigenvalue weighted by molar-refractivity contribution is -0.113. The van der Waals surface area contributed by atoms with Gasteiger partial charge >= 0.3 is 0 Å². The van der Waals surface area contributed by atoms with Crippen molar-refractivity contribution in [2.45, 2.75) is 18.6 Å². The summed E-state index contributed by atoms with van der Waals surface area (Å²) in [6.07, 6.45) is 2.58. The number of carbonyl (C=O) groups is 1. The van der Waals surface area contributed by atoms with Crippen molar-refractivity contribution in [1.82, 2.24) is 4.98 Å². The van der Waals surface area contributed by atoms with E-state index in [2.05, 4.69) is 33.2 Å². The molecule has 0 fully saturated rings. The second kappa shape index (κ2) is 7.68. The van der Waals surface area contributed by atoms with E-state index in [1.165, 1.54) is 0 Å². The van der Waals surface area contributed by atoms with Crippen LogP contribution in [0.4, 0.5) is 5.82 Å². The highest BCUT2D eigenvalue weighted by molar-refractivity contribution is 9.10. The van der Waals surface area contributed by atoms with Crippen LogP contribution in [0.15, 0.2) is 22.8 Å². The summed E-state index contributed by atoms with van der Waals surface area (Å²) in [7, 11) is 0. The number of aromatic nitrogens is 1. The van der Waals surface area contributed by atoms with Crippen molar-refractivity contribution in [3.05, 3.63) is 22.8 Å². The third-order valence-electron chi connectivity index (χ3n) is 2.07. The van der Waals surface area contributed by atoms with E-state index in [0.717, 1.165) is 10.9 Å². The molecule has 0 saturated carbocycles. The summed E-state index contributed by atoms with van der Waals surface area (Å²) in [5.74, 6) is 0.970. The predicted molar refractivity (Wildman–Crippen MR) is 76.2 cm³/mol. The zero-order chi connectivity index (χ0) is 12.7. The van der Waals surface area contributed by atoms with E-state index >= 15 is 0 Å². The molecule has 0 aliphatic rings. The molecule has 1 amide bonds. The molecule has 1 aromatic heterocycles. The van der Waals surface area contributed by atoms with Crippen molar-refractivity contribution in [3.8, 4) is 0 Å². The van der Waals surface area contributed by atoms with Crippen LogP contribution in [-0.2, 0) is 4.79 Å². The summed E-state index contributed by atoms with van der Waals surface area (Å²) >= 11 is 4.89. The van der Waals surface area contributed by atoms with Crippen LogP contribution in [0, 0.1) is 0 Å². The number of rotatable bonds is 6. The molecule has 1 atom stereocenters. The molecule has 1 aromatic rings. The standard InChI is InChI=1S/C11H16BrN3OS/c1-8(4-5-13)17-7-11(16)15-10-3-2-9(12)6-14-10/h2-3,6,8H,4-5,7,13H2,1H3,(H,14,15,16). The molecule has 94 valence electrons. The first-order valence-electron chi connectivity index (χ1n) is 5.35. The Morgan fingerprint density at radius 3 is 3.00 bits per heavy atom. The van der Waals surface area contributed by atoms with E-state index in [-0.39, 0.29) is 5.91 Å². The van der Waals surface area contributed by atoms with Crippen molar-refractivity contribution in [3.63, 3.8) is 0 Å². The summed E-state index contributed by atoms with van der Waals surface area (Å²) in [5.41, 5.74) is 5.45. The molecule has 0 aliphatic carbocycles. The van der Waals surface area contributed by atoms with E-state index in [4.69, 9.17) is 5.73 Å². The van der Waals surface area contributed by atoms with Gasteiger partial charge in [0.25, 0.3) is 0 Å². The Balaban J connectivity index is 2.32. The lowest BCUT2D eigenvalue weighted by Gasteiger charge is -2.09. The third-order valence-corrected chi connectivity index (χ3v) is 3.77. The van der Waals surface area contributed by atoms with E-state index < -0.39 is 0 Å². The van der Waals surface area contributed by atoms with Crippen LogP contribution in [0.1, 0.15) is 13.3 Å². The van der Waals surface area contributed by atoms with Crippen molar-refractivity contribution in [2.75, 3.05) is 17.6 Å². The minimum Gasteiger partial charge on any atom is -0.330 e. The Morgan fingerprint density at radius 1 is 1.65 bits per heavy atom. The van der Waals surface area contributed by atoms with Gasteiger partial charge in [0.15, 0.2) is 0 Å². The summed E-state index contributed by atoms with van der Waals surface area (Å²) in [5, 5.41) is 3.15. The molecule has 0 saturated heterocycles. The molecule has 0 spiro atoms. The average molecular weight is 318 g/mol. The molecule has 4 nitrogen and oxygen atoms in total. The predicted octanol–water partition coefficient (Wildman–Crippen LogP) is 2.25. The van der Waals surface area contributed by atoms with Gasteiger partial charge in [-0.3, -0.25) is 4.79 Å². The fraction of sp³-hybridized carbons (Fsp3) is 0.455. The van der Waals surface area contributed by atoms with Gasteiger partial charge < -0.3 is 11.1 Å². The maximum Gasteiger partial charge on any atom is 0.235 e. The number of anilines is 1. The molecule has 1 unspecified atom stereocenters. The van der Waals surface area contributed by atoms with Crippen molar-refractivity contribution < 1.29 is 4.79 Å². The highest BCUT2D eigenvalue weighted by atomic mass is 79.9. The quantitative estimate of drug-likeness (QED) is 0.844. The van der Waals surface area contributed by atoms with Crippen molar-refractivity contribution in [2.24, 2.45) is 5.73 Å². The maximum atomic E-state index is 11.6. The fourth-order valence-electron chi connectivity index (χ4n) is 1.16. The molecular formula is C11H16BrN3OS.